The lowest BCUT2D eigenvalue weighted by Crippen LogP contribution is -2.30. The number of imidazole rings is 1. The SMILES string of the molecule is CCCc1cn(CC(=O)N[C@H](C)c2ccccc2)c(C)n1. The van der Waals surface area contributed by atoms with Crippen molar-refractivity contribution in [1.82, 2.24) is 14.9 Å². The maximum atomic E-state index is 12.2. The topological polar surface area (TPSA) is 46.9 Å². The molecule has 0 saturated heterocycles. The second kappa shape index (κ2) is 7.07. The molecule has 0 bridgehead atoms. The fourth-order valence-corrected chi connectivity index (χ4v) is 2.38. The lowest BCUT2D eigenvalue weighted by molar-refractivity contribution is -0.122. The van der Waals surface area contributed by atoms with Gasteiger partial charge in [0.15, 0.2) is 0 Å². The average Bonchev–Trinajstić information content (AvgIpc) is 2.80. The highest BCUT2D eigenvalue weighted by molar-refractivity contribution is 5.76. The molecule has 1 amide bonds. The van der Waals surface area contributed by atoms with Crippen LogP contribution in [0.5, 0.6) is 0 Å². The number of nitrogens with one attached hydrogen (secondary N) is 1. The van der Waals surface area contributed by atoms with Gasteiger partial charge in [-0.2, -0.15) is 0 Å². The second-order valence-corrected chi connectivity index (χ2v) is 5.36. The van der Waals surface area contributed by atoms with Crippen LogP contribution in [0.2, 0.25) is 0 Å². The molecule has 0 aliphatic carbocycles. The van der Waals surface area contributed by atoms with E-state index in [4.69, 9.17) is 0 Å². The van der Waals surface area contributed by atoms with Gasteiger partial charge in [-0.25, -0.2) is 4.98 Å². The standard InChI is InChI=1S/C17H23N3O/c1-4-8-16-11-20(14(3)19-16)12-17(21)18-13(2)15-9-6-5-7-10-15/h5-7,9-11,13H,4,8,12H2,1-3H3,(H,18,21)/t13-/m1/s1. The lowest BCUT2D eigenvalue weighted by Gasteiger charge is -2.14. The van der Waals surface area contributed by atoms with Crippen molar-refractivity contribution in [2.45, 2.75) is 46.2 Å². The van der Waals surface area contributed by atoms with Crippen LogP contribution in [0.1, 0.15) is 43.4 Å². The number of carbonyl (C=O) groups is 1. The normalized spacial score (nSPS) is 12.1. The van der Waals surface area contributed by atoms with E-state index in [-0.39, 0.29) is 11.9 Å². The lowest BCUT2D eigenvalue weighted by atomic mass is 10.1. The molecule has 2 rings (SSSR count). The van der Waals surface area contributed by atoms with Crippen molar-refractivity contribution < 1.29 is 4.79 Å². The molecule has 4 nitrogen and oxygen atoms in total. The van der Waals surface area contributed by atoms with Crippen molar-refractivity contribution in [3.63, 3.8) is 0 Å². The summed E-state index contributed by atoms with van der Waals surface area (Å²) in [4.78, 5) is 16.6. The molecule has 0 aliphatic rings. The fraction of sp³-hybridized carbons (Fsp3) is 0.412. The van der Waals surface area contributed by atoms with E-state index in [0.29, 0.717) is 6.54 Å². The molecule has 0 radical (unpaired) electrons. The molecule has 0 fully saturated rings. The first kappa shape index (κ1) is 15.3. The zero-order valence-electron chi connectivity index (χ0n) is 13.0. The molecule has 112 valence electrons. The van der Waals surface area contributed by atoms with Gasteiger partial charge in [-0.1, -0.05) is 43.7 Å². The molecule has 1 N–H and O–H groups in total. The summed E-state index contributed by atoms with van der Waals surface area (Å²) in [6, 6.07) is 9.99. The van der Waals surface area contributed by atoms with Crippen LogP contribution >= 0.6 is 0 Å². The van der Waals surface area contributed by atoms with Crippen LogP contribution < -0.4 is 5.32 Å². The van der Waals surface area contributed by atoms with Gasteiger partial charge in [0.05, 0.1) is 11.7 Å². The first-order valence-corrected chi connectivity index (χ1v) is 7.47. The highest BCUT2D eigenvalue weighted by atomic mass is 16.2. The Morgan fingerprint density at radius 2 is 2.05 bits per heavy atom. The molecule has 21 heavy (non-hydrogen) atoms. The van der Waals surface area contributed by atoms with Gasteiger partial charge in [-0.3, -0.25) is 4.79 Å². The van der Waals surface area contributed by atoms with E-state index in [2.05, 4.69) is 17.2 Å². The number of aromatic nitrogens is 2. The number of hydrogen-bond acceptors (Lipinski definition) is 2. The van der Waals surface area contributed by atoms with Gasteiger partial charge in [-0.15, -0.1) is 0 Å². The molecule has 4 heteroatoms. The molecule has 1 aromatic carbocycles. The van der Waals surface area contributed by atoms with Crippen LogP contribution in [0.3, 0.4) is 0 Å². The largest absolute Gasteiger partial charge is 0.348 e. The Kier molecular flexibility index (Phi) is 5.14. The molecular formula is C17H23N3O. The molecule has 0 saturated carbocycles. The maximum absolute atomic E-state index is 12.2. The van der Waals surface area contributed by atoms with E-state index in [0.717, 1.165) is 29.9 Å². The zero-order valence-corrected chi connectivity index (χ0v) is 13.0. The number of aryl methyl sites for hydroxylation is 2. The van der Waals surface area contributed by atoms with Crippen molar-refractivity contribution in [1.29, 1.82) is 0 Å². The van der Waals surface area contributed by atoms with Crippen LogP contribution in [0.15, 0.2) is 36.5 Å². The van der Waals surface area contributed by atoms with E-state index in [1.165, 1.54) is 0 Å². The smallest absolute Gasteiger partial charge is 0.240 e. The minimum Gasteiger partial charge on any atom is -0.348 e. The van der Waals surface area contributed by atoms with Gasteiger partial charge >= 0.3 is 0 Å². The zero-order chi connectivity index (χ0) is 15.2. The van der Waals surface area contributed by atoms with E-state index in [9.17, 15) is 4.79 Å². The van der Waals surface area contributed by atoms with E-state index in [1.807, 2.05) is 54.9 Å². The van der Waals surface area contributed by atoms with Crippen molar-refractivity contribution in [2.24, 2.45) is 0 Å². The van der Waals surface area contributed by atoms with Crippen molar-refractivity contribution >= 4 is 5.91 Å². The number of benzene rings is 1. The predicted octanol–water partition coefficient (Wildman–Crippen LogP) is 3.02. The third kappa shape index (κ3) is 4.18. The van der Waals surface area contributed by atoms with Gasteiger partial charge in [0.25, 0.3) is 0 Å². The van der Waals surface area contributed by atoms with Crippen LogP contribution in [-0.2, 0) is 17.8 Å². The molecule has 0 spiro atoms. The van der Waals surface area contributed by atoms with Gasteiger partial charge in [0, 0.05) is 6.20 Å². The monoisotopic (exact) mass is 285 g/mol. The second-order valence-electron chi connectivity index (χ2n) is 5.36. The molecule has 1 atom stereocenters. The first-order valence-electron chi connectivity index (χ1n) is 7.47. The Hall–Kier alpha value is -2.10. The molecule has 0 aliphatic heterocycles. The summed E-state index contributed by atoms with van der Waals surface area (Å²) in [5.74, 6) is 0.899. The van der Waals surface area contributed by atoms with Crippen LogP contribution in [-0.4, -0.2) is 15.5 Å². The van der Waals surface area contributed by atoms with Crippen molar-refractivity contribution in [2.75, 3.05) is 0 Å². The maximum Gasteiger partial charge on any atom is 0.240 e. The van der Waals surface area contributed by atoms with Crippen LogP contribution in [0.4, 0.5) is 0 Å². The van der Waals surface area contributed by atoms with Crippen molar-refractivity contribution in [3.8, 4) is 0 Å². The molecular weight excluding hydrogens is 262 g/mol. The third-order valence-corrected chi connectivity index (χ3v) is 3.52. The minimum absolute atomic E-state index is 0.00917. The molecule has 0 unspecified atom stereocenters. The predicted molar refractivity (Wildman–Crippen MR) is 84.0 cm³/mol. The Bertz CT molecular complexity index is 589. The number of carbonyl (C=O) groups excluding carboxylic acids is 1. The molecule has 1 aromatic heterocycles. The van der Waals surface area contributed by atoms with Gasteiger partial charge < -0.3 is 9.88 Å². The van der Waals surface area contributed by atoms with Gasteiger partial charge in [0.1, 0.15) is 12.4 Å². The summed E-state index contributed by atoms with van der Waals surface area (Å²) in [6.45, 7) is 6.38. The summed E-state index contributed by atoms with van der Waals surface area (Å²) in [7, 11) is 0. The van der Waals surface area contributed by atoms with Crippen LogP contribution in [0, 0.1) is 6.92 Å². The quantitative estimate of drug-likeness (QED) is 0.887. The number of rotatable bonds is 6. The summed E-state index contributed by atoms with van der Waals surface area (Å²) in [6.07, 6.45) is 4.00. The molecule has 1 heterocycles. The number of amides is 1. The third-order valence-electron chi connectivity index (χ3n) is 3.52. The Labute approximate surface area is 126 Å². The summed E-state index contributed by atoms with van der Waals surface area (Å²) >= 11 is 0. The van der Waals surface area contributed by atoms with E-state index < -0.39 is 0 Å². The average molecular weight is 285 g/mol. The summed E-state index contributed by atoms with van der Waals surface area (Å²) in [5, 5.41) is 3.03. The molecule has 2 aromatic rings. The van der Waals surface area contributed by atoms with E-state index >= 15 is 0 Å². The van der Waals surface area contributed by atoms with Crippen LogP contribution in [0.25, 0.3) is 0 Å². The Morgan fingerprint density at radius 1 is 1.33 bits per heavy atom. The Morgan fingerprint density at radius 3 is 2.71 bits per heavy atom. The highest BCUT2D eigenvalue weighted by Crippen LogP contribution is 2.11. The summed E-state index contributed by atoms with van der Waals surface area (Å²) in [5.41, 5.74) is 2.17. The number of hydrogen-bond donors (Lipinski definition) is 1. The van der Waals surface area contributed by atoms with Gasteiger partial charge in [-0.05, 0) is 25.8 Å². The van der Waals surface area contributed by atoms with Crippen molar-refractivity contribution in [3.05, 3.63) is 53.6 Å². The highest BCUT2D eigenvalue weighted by Gasteiger charge is 2.11. The van der Waals surface area contributed by atoms with E-state index in [1.54, 1.807) is 0 Å². The Balaban J connectivity index is 1.95. The first-order chi connectivity index (χ1) is 10.1. The fourth-order valence-electron chi connectivity index (χ4n) is 2.38. The summed E-state index contributed by atoms with van der Waals surface area (Å²) < 4.78 is 1.91. The minimum atomic E-state index is 0.00917. The number of nitrogens with zero attached hydrogens (tertiary/aromatic N) is 2. The van der Waals surface area contributed by atoms with Gasteiger partial charge in [0.2, 0.25) is 5.91 Å².